The van der Waals surface area contributed by atoms with Crippen molar-refractivity contribution in [2.24, 2.45) is 5.10 Å². The van der Waals surface area contributed by atoms with Gasteiger partial charge in [0.05, 0.1) is 12.8 Å². The molecule has 1 rings (SSSR count). The van der Waals surface area contributed by atoms with Crippen LogP contribution in [0.15, 0.2) is 17.2 Å². The average molecular weight is 279 g/mol. The van der Waals surface area contributed by atoms with Crippen LogP contribution in [-0.4, -0.2) is 31.6 Å². The molecule has 0 aliphatic rings. The lowest BCUT2D eigenvalue weighted by atomic mass is 10.0. The van der Waals surface area contributed by atoms with Gasteiger partial charge in [-0.25, -0.2) is 0 Å². The molecule has 19 heavy (non-hydrogen) atoms. The largest absolute Gasteiger partial charge is 0.383 e. The van der Waals surface area contributed by atoms with Crippen molar-refractivity contribution < 1.29 is 4.74 Å². The minimum absolute atomic E-state index is 0.496. The maximum Gasteiger partial charge on any atom is 0.187 e. The lowest BCUT2D eigenvalue weighted by Crippen LogP contribution is -2.34. The summed E-state index contributed by atoms with van der Waals surface area (Å²) in [7, 11) is 1.65. The standard InChI is InChI=1S/C14H21N3OS/c1-10-7-11(2)13(12(3)8-10)9-16-17-14(19)15-5-6-18-4/h7-9H,5-6H2,1-4H3,(H2,15,17,19). The van der Waals surface area contributed by atoms with Crippen molar-refractivity contribution in [3.8, 4) is 0 Å². The van der Waals surface area contributed by atoms with Crippen LogP contribution >= 0.6 is 12.2 Å². The summed E-state index contributed by atoms with van der Waals surface area (Å²) in [6, 6.07) is 4.28. The summed E-state index contributed by atoms with van der Waals surface area (Å²) < 4.78 is 4.92. The Morgan fingerprint density at radius 1 is 1.32 bits per heavy atom. The van der Waals surface area contributed by atoms with Crippen molar-refractivity contribution in [3.05, 3.63) is 34.4 Å². The first kappa shape index (κ1) is 15.6. The molecular formula is C14H21N3OS. The summed E-state index contributed by atoms with van der Waals surface area (Å²) in [6.45, 7) is 7.53. The van der Waals surface area contributed by atoms with E-state index in [1.165, 1.54) is 16.7 Å². The van der Waals surface area contributed by atoms with Crippen LogP contribution in [0.25, 0.3) is 0 Å². The zero-order valence-corrected chi connectivity index (χ0v) is 12.7. The topological polar surface area (TPSA) is 45.6 Å². The van der Waals surface area contributed by atoms with Crippen molar-refractivity contribution in [1.82, 2.24) is 10.7 Å². The van der Waals surface area contributed by atoms with Gasteiger partial charge in [-0.2, -0.15) is 5.10 Å². The SMILES string of the molecule is COCCNC(=S)NN=Cc1c(C)cc(C)cc1C. The van der Waals surface area contributed by atoms with Crippen LogP contribution in [0.4, 0.5) is 0 Å². The van der Waals surface area contributed by atoms with E-state index in [2.05, 4.69) is 48.7 Å². The molecule has 0 unspecified atom stereocenters. The summed E-state index contributed by atoms with van der Waals surface area (Å²) in [4.78, 5) is 0. The van der Waals surface area contributed by atoms with Crippen molar-refractivity contribution in [1.29, 1.82) is 0 Å². The van der Waals surface area contributed by atoms with Gasteiger partial charge in [0.1, 0.15) is 0 Å². The van der Waals surface area contributed by atoms with Gasteiger partial charge in [-0.1, -0.05) is 17.7 Å². The highest BCUT2D eigenvalue weighted by atomic mass is 32.1. The Kier molecular flexibility index (Phi) is 6.45. The van der Waals surface area contributed by atoms with E-state index < -0.39 is 0 Å². The molecule has 0 spiro atoms. The second-order valence-corrected chi connectivity index (χ2v) is 4.84. The van der Waals surface area contributed by atoms with E-state index in [0.717, 1.165) is 5.56 Å². The molecule has 0 saturated carbocycles. The monoisotopic (exact) mass is 279 g/mol. The number of benzene rings is 1. The van der Waals surface area contributed by atoms with Crippen LogP contribution in [0.1, 0.15) is 22.3 Å². The van der Waals surface area contributed by atoms with Crippen LogP contribution in [0.3, 0.4) is 0 Å². The van der Waals surface area contributed by atoms with Gasteiger partial charge < -0.3 is 10.1 Å². The van der Waals surface area contributed by atoms with Gasteiger partial charge in [0, 0.05) is 19.2 Å². The van der Waals surface area contributed by atoms with E-state index in [1.807, 2.05) is 0 Å². The van der Waals surface area contributed by atoms with Crippen molar-refractivity contribution in [2.45, 2.75) is 20.8 Å². The number of thiocarbonyl (C=S) groups is 1. The fourth-order valence-electron chi connectivity index (χ4n) is 1.86. The number of hydrogen-bond acceptors (Lipinski definition) is 3. The molecule has 0 amide bonds. The van der Waals surface area contributed by atoms with Crippen molar-refractivity contribution in [3.63, 3.8) is 0 Å². The van der Waals surface area contributed by atoms with Crippen LogP contribution in [0.5, 0.6) is 0 Å². The van der Waals surface area contributed by atoms with Gasteiger partial charge in [-0.15, -0.1) is 0 Å². The summed E-state index contributed by atoms with van der Waals surface area (Å²) in [5, 5.41) is 7.64. The van der Waals surface area contributed by atoms with Crippen LogP contribution in [0.2, 0.25) is 0 Å². The maximum atomic E-state index is 5.08. The van der Waals surface area contributed by atoms with Gasteiger partial charge >= 0.3 is 0 Å². The Bertz CT molecular complexity index is 449. The fourth-order valence-corrected chi connectivity index (χ4v) is 2.01. The first-order valence-corrected chi connectivity index (χ1v) is 6.59. The third-order valence-corrected chi connectivity index (χ3v) is 2.93. The highest BCUT2D eigenvalue weighted by molar-refractivity contribution is 7.80. The Hall–Kier alpha value is -1.46. The number of rotatable bonds is 5. The molecule has 2 N–H and O–H groups in total. The zero-order chi connectivity index (χ0) is 14.3. The van der Waals surface area contributed by atoms with Crippen molar-refractivity contribution in [2.75, 3.05) is 20.3 Å². The summed E-state index contributed by atoms with van der Waals surface area (Å²) in [6.07, 6.45) is 1.80. The molecule has 0 fully saturated rings. The lowest BCUT2D eigenvalue weighted by molar-refractivity contribution is 0.204. The van der Waals surface area contributed by atoms with Gasteiger partial charge in [0.25, 0.3) is 0 Å². The molecule has 0 aromatic heterocycles. The van der Waals surface area contributed by atoms with Gasteiger partial charge in [0.15, 0.2) is 5.11 Å². The van der Waals surface area contributed by atoms with Crippen molar-refractivity contribution >= 4 is 23.5 Å². The molecule has 1 aromatic carbocycles. The van der Waals surface area contributed by atoms with E-state index in [-0.39, 0.29) is 0 Å². The molecule has 0 saturated heterocycles. The molecule has 0 radical (unpaired) electrons. The lowest BCUT2D eigenvalue weighted by Gasteiger charge is -2.08. The zero-order valence-electron chi connectivity index (χ0n) is 11.9. The van der Waals surface area contributed by atoms with E-state index in [0.29, 0.717) is 18.3 Å². The number of hydrogen-bond donors (Lipinski definition) is 2. The number of nitrogens with one attached hydrogen (secondary N) is 2. The van der Waals surface area contributed by atoms with E-state index >= 15 is 0 Å². The summed E-state index contributed by atoms with van der Waals surface area (Å²) >= 11 is 5.08. The highest BCUT2D eigenvalue weighted by Gasteiger charge is 2.01. The number of ether oxygens (including phenoxy) is 1. The normalized spacial score (nSPS) is 10.7. The smallest absolute Gasteiger partial charge is 0.187 e. The Morgan fingerprint density at radius 2 is 1.95 bits per heavy atom. The summed E-state index contributed by atoms with van der Waals surface area (Å²) in [5.74, 6) is 0. The highest BCUT2D eigenvalue weighted by Crippen LogP contribution is 2.13. The quantitative estimate of drug-likeness (QED) is 0.375. The number of nitrogens with zero attached hydrogens (tertiary/aromatic N) is 1. The molecule has 0 bridgehead atoms. The Balaban J connectivity index is 2.55. The van der Waals surface area contributed by atoms with Crippen LogP contribution in [0, 0.1) is 20.8 Å². The first-order chi connectivity index (χ1) is 9.04. The van der Waals surface area contributed by atoms with E-state index in [4.69, 9.17) is 17.0 Å². The predicted octanol–water partition coefficient (Wildman–Crippen LogP) is 2.06. The molecule has 0 heterocycles. The molecule has 104 valence electrons. The van der Waals surface area contributed by atoms with Gasteiger partial charge in [-0.05, 0) is 44.1 Å². The molecular weight excluding hydrogens is 258 g/mol. The first-order valence-electron chi connectivity index (χ1n) is 6.18. The fraction of sp³-hybridized carbons (Fsp3) is 0.429. The van der Waals surface area contributed by atoms with E-state index in [9.17, 15) is 0 Å². The van der Waals surface area contributed by atoms with E-state index in [1.54, 1.807) is 13.3 Å². The minimum Gasteiger partial charge on any atom is -0.383 e. The third kappa shape index (κ3) is 5.36. The number of methoxy groups -OCH3 is 1. The number of aryl methyl sites for hydroxylation is 3. The second-order valence-electron chi connectivity index (χ2n) is 4.43. The Labute approximate surface area is 120 Å². The third-order valence-electron chi connectivity index (χ3n) is 2.69. The molecule has 4 nitrogen and oxygen atoms in total. The molecule has 1 aromatic rings. The van der Waals surface area contributed by atoms with Crippen LogP contribution < -0.4 is 10.7 Å². The molecule has 0 atom stereocenters. The Morgan fingerprint density at radius 3 is 2.53 bits per heavy atom. The maximum absolute atomic E-state index is 5.08. The number of hydrazone groups is 1. The van der Waals surface area contributed by atoms with Crippen LogP contribution in [-0.2, 0) is 4.74 Å². The summed E-state index contributed by atoms with van der Waals surface area (Å²) in [5.41, 5.74) is 7.60. The second kappa shape index (κ2) is 7.86. The predicted molar refractivity (Wildman–Crippen MR) is 83.9 cm³/mol. The van der Waals surface area contributed by atoms with Gasteiger partial charge in [-0.3, -0.25) is 5.43 Å². The minimum atomic E-state index is 0.496. The average Bonchev–Trinajstić information content (AvgIpc) is 2.32. The molecule has 5 heteroatoms. The molecule has 0 aliphatic heterocycles. The molecule has 0 aliphatic carbocycles. The van der Waals surface area contributed by atoms with Gasteiger partial charge in [0.2, 0.25) is 0 Å².